The smallest absolute Gasteiger partial charge is 0.247 e. The van der Waals surface area contributed by atoms with Gasteiger partial charge in [-0.25, -0.2) is 4.39 Å². The number of rotatable bonds is 6. The Labute approximate surface area is 253 Å². The minimum Gasteiger partial charge on any atom is -0.360 e. The van der Waals surface area contributed by atoms with E-state index < -0.39 is 17.8 Å². The molecule has 1 aliphatic heterocycles. The highest BCUT2D eigenvalue weighted by molar-refractivity contribution is 14.1. The van der Waals surface area contributed by atoms with Crippen molar-refractivity contribution < 1.29 is 18.8 Å². The van der Waals surface area contributed by atoms with Crippen molar-refractivity contribution in [3.63, 3.8) is 0 Å². The van der Waals surface area contributed by atoms with Crippen LogP contribution in [-0.2, 0) is 16.1 Å². The molecule has 0 saturated carbocycles. The van der Waals surface area contributed by atoms with E-state index in [0.717, 1.165) is 10.9 Å². The summed E-state index contributed by atoms with van der Waals surface area (Å²) in [5.41, 5.74) is 2.62. The van der Waals surface area contributed by atoms with E-state index in [1.165, 1.54) is 22.6 Å². The topological polar surface area (TPSA) is 100 Å². The van der Waals surface area contributed by atoms with Crippen molar-refractivity contribution in [3.05, 3.63) is 83.4 Å². The molecule has 2 atom stereocenters. The lowest BCUT2D eigenvalue weighted by molar-refractivity contribution is -0.137. The first-order chi connectivity index (χ1) is 19.7. The molecule has 0 radical (unpaired) electrons. The Kier molecular flexibility index (Phi) is 7.28. The SMILES string of the molecule is CC(=O)c1nn(CC(=O)N2[C@H](I)CC[C@H]2C(=O)Nc2cccc(-c3cc(Cl)c4[nH]ccc4c3)c2F)c2ccccc12. The minimum atomic E-state index is -0.785. The van der Waals surface area contributed by atoms with Gasteiger partial charge in [0, 0.05) is 29.5 Å². The average Bonchev–Trinajstić information content (AvgIpc) is 3.67. The predicted molar refractivity (Wildman–Crippen MR) is 165 cm³/mol. The second-order valence-electron chi connectivity index (χ2n) is 9.96. The Hall–Kier alpha value is -3.77. The maximum absolute atomic E-state index is 15.7. The second-order valence-corrected chi connectivity index (χ2v) is 11.8. The zero-order valence-corrected chi connectivity index (χ0v) is 24.7. The third-order valence-electron chi connectivity index (χ3n) is 7.36. The Morgan fingerprint density at radius 2 is 1.93 bits per heavy atom. The summed E-state index contributed by atoms with van der Waals surface area (Å²) < 4.78 is 17.0. The molecule has 1 fully saturated rings. The van der Waals surface area contributed by atoms with Gasteiger partial charge in [-0.1, -0.05) is 64.5 Å². The Balaban J connectivity index is 1.24. The Morgan fingerprint density at radius 1 is 1.12 bits per heavy atom. The first kappa shape index (κ1) is 27.4. The van der Waals surface area contributed by atoms with E-state index in [1.807, 2.05) is 24.3 Å². The van der Waals surface area contributed by atoms with Crippen LogP contribution in [0.1, 0.15) is 30.3 Å². The molecule has 208 valence electrons. The lowest BCUT2D eigenvalue weighted by atomic mass is 10.0. The zero-order chi connectivity index (χ0) is 28.8. The standard InChI is InChI=1S/C30H24ClFIN5O3/c1-16(39)28-20-5-2-3-8-23(20)37(36-28)15-26(40)38-24(9-10-25(38)33)30(41)35-22-7-4-6-19(27(22)32)18-13-17-11-12-34-29(17)21(31)14-18/h2-8,11-14,24-25,34H,9-10,15H2,1H3,(H,35,41)/t24-,25-/m0/s1. The molecule has 1 aliphatic rings. The molecule has 3 aromatic carbocycles. The van der Waals surface area contributed by atoms with Gasteiger partial charge in [0.1, 0.15) is 18.3 Å². The fraction of sp³-hybridized carbons (Fsp3) is 0.200. The number of alkyl halides is 1. The van der Waals surface area contributed by atoms with Crippen LogP contribution in [0.4, 0.5) is 10.1 Å². The maximum Gasteiger partial charge on any atom is 0.247 e. The number of halogens is 3. The van der Waals surface area contributed by atoms with Crippen LogP contribution in [0.5, 0.6) is 0 Å². The number of H-pyrrole nitrogens is 1. The quantitative estimate of drug-likeness (QED) is 0.0916. The number of hydrogen-bond donors (Lipinski definition) is 2. The molecule has 0 spiro atoms. The highest BCUT2D eigenvalue weighted by Gasteiger charge is 2.40. The van der Waals surface area contributed by atoms with Gasteiger partial charge in [-0.2, -0.15) is 5.10 Å². The van der Waals surface area contributed by atoms with Gasteiger partial charge in [0.25, 0.3) is 0 Å². The second kappa shape index (κ2) is 10.9. The number of nitrogens with one attached hydrogen (secondary N) is 2. The lowest BCUT2D eigenvalue weighted by Crippen LogP contribution is -2.46. The van der Waals surface area contributed by atoms with Crippen molar-refractivity contribution in [1.82, 2.24) is 19.7 Å². The van der Waals surface area contributed by atoms with Crippen molar-refractivity contribution in [2.45, 2.75) is 36.4 Å². The molecule has 2 aromatic heterocycles. The summed E-state index contributed by atoms with van der Waals surface area (Å²) in [6.07, 6.45) is 2.81. The summed E-state index contributed by atoms with van der Waals surface area (Å²) in [5, 5.41) is 9.07. The largest absolute Gasteiger partial charge is 0.360 e. The first-order valence-corrected chi connectivity index (χ1v) is 14.6. The molecule has 0 bridgehead atoms. The third-order valence-corrected chi connectivity index (χ3v) is 8.88. The van der Waals surface area contributed by atoms with Crippen LogP contribution in [-0.4, -0.2) is 47.4 Å². The van der Waals surface area contributed by atoms with Crippen LogP contribution < -0.4 is 5.32 Å². The molecule has 2 N–H and O–H groups in total. The van der Waals surface area contributed by atoms with Gasteiger partial charge in [0.15, 0.2) is 11.6 Å². The number of Topliss-reactive ketones (excluding diaryl/α,β-unsaturated/α-hetero) is 1. The van der Waals surface area contributed by atoms with E-state index in [0.29, 0.717) is 45.6 Å². The molecule has 11 heteroatoms. The molecule has 3 heterocycles. The molecule has 8 nitrogen and oxygen atoms in total. The minimum absolute atomic E-state index is 0.0197. The molecular weight excluding hydrogens is 660 g/mol. The molecule has 41 heavy (non-hydrogen) atoms. The van der Waals surface area contributed by atoms with Gasteiger partial charge in [-0.05, 0) is 48.7 Å². The number of aromatic nitrogens is 3. The number of nitrogens with zero attached hydrogens (tertiary/aromatic N) is 3. The number of ketones is 1. The van der Waals surface area contributed by atoms with Crippen molar-refractivity contribution in [2.75, 3.05) is 5.32 Å². The summed E-state index contributed by atoms with van der Waals surface area (Å²) in [5.74, 6) is -1.57. The third kappa shape index (κ3) is 4.99. The number of carbonyl (C=O) groups excluding carboxylic acids is 3. The lowest BCUT2D eigenvalue weighted by Gasteiger charge is -2.27. The zero-order valence-electron chi connectivity index (χ0n) is 21.8. The van der Waals surface area contributed by atoms with Crippen molar-refractivity contribution >= 4 is 79.3 Å². The summed E-state index contributed by atoms with van der Waals surface area (Å²) in [7, 11) is 0. The number of fused-ring (bicyclic) bond motifs is 2. The van der Waals surface area contributed by atoms with Crippen molar-refractivity contribution in [2.24, 2.45) is 0 Å². The fourth-order valence-electron chi connectivity index (χ4n) is 5.42. The van der Waals surface area contributed by atoms with Crippen molar-refractivity contribution in [3.8, 4) is 11.1 Å². The van der Waals surface area contributed by atoms with E-state index >= 15 is 4.39 Å². The van der Waals surface area contributed by atoms with Gasteiger partial charge in [-0.15, -0.1) is 0 Å². The van der Waals surface area contributed by atoms with Gasteiger partial charge in [0.05, 0.1) is 25.8 Å². The summed E-state index contributed by atoms with van der Waals surface area (Å²) in [6, 6.07) is 16.6. The highest BCUT2D eigenvalue weighted by Crippen LogP contribution is 2.35. The number of anilines is 1. The number of hydrogen-bond acceptors (Lipinski definition) is 4. The first-order valence-electron chi connectivity index (χ1n) is 13.0. The van der Waals surface area contributed by atoms with Crippen LogP contribution in [0.25, 0.3) is 32.9 Å². The molecule has 0 unspecified atom stereocenters. The molecule has 0 aliphatic carbocycles. The number of carbonyl (C=O) groups is 3. The molecule has 2 amide bonds. The molecular formula is C30H24ClFIN5O3. The van der Waals surface area contributed by atoms with Gasteiger partial charge < -0.3 is 15.2 Å². The van der Waals surface area contributed by atoms with Gasteiger partial charge >= 0.3 is 0 Å². The Morgan fingerprint density at radius 3 is 2.73 bits per heavy atom. The van der Waals surface area contributed by atoms with Crippen LogP contribution in [0, 0.1) is 5.82 Å². The van der Waals surface area contributed by atoms with Gasteiger partial charge in [-0.3, -0.25) is 19.1 Å². The fourth-order valence-corrected chi connectivity index (χ4v) is 6.76. The maximum atomic E-state index is 15.7. The normalized spacial score (nSPS) is 16.9. The van der Waals surface area contributed by atoms with Crippen LogP contribution >= 0.6 is 34.2 Å². The van der Waals surface area contributed by atoms with E-state index in [1.54, 1.807) is 36.5 Å². The summed E-state index contributed by atoms with van der Waals surface area (Å²) in [4.78, 5) is 43.7. The summed E-state index contributed by atoms with van der Waals surface area (Å²) >= 11 is 8.54. The molecule has 1 saturated heterocycles. The molecule has 6 rings (SSSR count). The van der Waals surface area contributed by atoms with Gasteiger partial charge in [0.2, 0.25) is 11.8 Å². The number of aromatic amines is 1. The summed E-state index contributed by atoms with van der Waals surface area (Å²) in [6.45, 7) is 1.30. The number of benzene rings is 3. The highest BCUT2D eigenvalue weighted by atomic mass is 127. The number of likely N-dealkylation sites (tertiary alicyclic amines) is 1. The monoisotopic (exact) mass is 683 g/mol. The predicted octanol–water partition coefficient (Wildman–Crippen LogP) is 6.57. The van der Waals surface area contributed by atoms with Crippen LogP contribution in [0.15, 0.2) is 66.9 Å². The van der Waals surface area contributed by atoms with Crippen molar-refractivity contribution in [1.29, 1.82) is 0 Å². The average molecular weight is 684 g/mol. The van der Waals surface area contributed by atoms with Crippen LogP contribution in [0.2, 0.25) is 5.02 Å². The van der Waals surface area contributed by atoms with E-state index in [4.69, 9.17) is 11.6 Å². The number of para-hydroxylation sites is 1. The van der Waals surface area contributed by atoms with Crippen LogP contribution in [0.3, 0.4) is 0 Å². The molecule has 5 aromatic rings. The van der Waals surface area contributed by atoms with E-state index in [-0.39, 0.29) is 28.0 Å². The Bertz CT molecular complexity index is 1850. The van der Waals surface area contributed by atoms with E-state index in [2.05, 4.69) is 38.0 Å². The van der Waals surface area contributed by atoms with E-state index in [9.17, 15) is 14.4 Å². The number of amides is 2.